The van der Waals surface area contributed by atoms with E-state index < -0.39 is 37.6 Å². The van der Waals surface area contributed by atoms with E-state index in [0.717, 1.165) is 0 Å². The molecule has 0 spiro atoms. The molecule has 0 amide bonds. The van der Waals surface area contributed by atoms with Crippen LogP contribution in [-0.4, -0.2) is 37.6 Å². The number of benzene rings is 1. The molecule has 24 heavy (non-hydrogen) atoms. The minimum absolute atomic E-state index is 1.22. The Balaban J connectivity index is 3.01. The standard InChI is InChI=1S/C6H4.4C3H6S.2Bi/c1-2-4-6-5-3-1;4*1-3(2)4;;/h1-2,5-6H;4*4H,1H2,2H3;;/q;;;;;2*+2/p-4. The van der Waals surface area contributed by atoms with Gasteiger partial charge in [-0.1, -0.05) is 0 Å². The molecular formula is C18H24Bi2S4. The van der Waals surface area contributed by atoms with Gasteiger partial charge in [-0.2, -0.15) is 0 Å². The van der Waals surface area contributed by atoms with Crippen LogP contribution in [0.15, 0.2) is 70.2 Å². The molecule has 0 aromatic heterocycles. The molecule has 0 unspecified atom stereocenters. The van der Waals surface area contributed by atoms with Crippen molar-refractivity contribution in [3.8, 4) is 0 Å². The summed E-state index contributed by atoms with van der Waals surface area (Å²) >= 11 is -3.85. The van der Waals surface area contributed by atoms with Gasteiger partial charge in [0, 0.05) is 0 Å². The Morgan fingerprint density at radius 3 is 0.958 bits per heavy atom. The van der Waals surface area contributed by atoms with Gasteiger partial charge >= 0.3 is 176 Å². The van der Waals surface area contributed by atoms with Crippen molar-refractivity contribution in [2.45, 2.75) is 27.7 Å². The van der Waals surface area contributed by atoms with Crippen LogP contribution in [0.5, 0.6) is 0 Å². The van der Waals surface area contributed by atoms with Crippen LogP contribution < -0.4 is 6.54 Å². The topological polar surface area (TPSA) is 0 Å². The molecule has 1 rings (SSSR count). The maximum atomic E-state index is 4.09. The summed E-state index contributed by atoms with van der Waals surface area (Å²) in [6, 6.07) is 9.44. The first-order valence-electron chi connectivity index (χ1n) is 7.23. The molecule has 1 aromatic rings. The zero-order valence-corrected chi connectivity index (χ0v) is 24.9. The third-order valence-corrected chi connectivity index (χ3v) is 47.3. The molecule has 0 heterocycles. The molecule has 6 heteroatoms. The Labute approximate surface area is 173 Å². The van der Waals surface area contributed by atoms with Gasteiger partial charge in [-0.25, -0.2) is 0 Å². The van der Waals surface area contributed by atoms with E-state index in [2.05, 4.69) is 78.3 Å². The van der Waals surface area contributed by atoms with Crippen LogP contribution in [0.1, 0.15) is 27.7 Å². The zero-order valence-electron chi connectivity index (χ0n) is 14.7. The molecule has 0 nitrogen and oxygen atoms in total. The van der Waals surface area contributed by atoms with Gasteiger partial charge in [-0.15, -0.1) is 0 Å². The SMILES string of the molecule is C=C(C)[S][Bi]([S]C(=C)C)[c]1cc[c]([Bi]([S]C(=C)C)[S]C(=C)C)cc1. The van der Waals surface area contributed by atoms with Crippen molar-refractivity contribution in [3.05, 3.63) is 70.2 Å². The van der Waals surface area contributed by atoms with Gasteiger partial charge in [-0.05, 0) is 0 Å². The Hall–Kier alpha value is 1.35. The van der Waals surface area contributed by atoms with Gasteiger partial charge in [0.1, 0.15) is 0 Å². The van der Waals surface area contributed by atoms with E-state index in [1.807, 2.05) is 34.1 Å². The van der Waals surface area contributed by atoms with Crippen LogP contribution in [0, 0.1) is 0 Å². The predicted molar refractivity (Wildman–Crippen MR) is 127 cm³/mol. The summed E-state index contributed by atoms with van der Waals surface area (Å²) in [5, 5.41) is 0. The molecule has 0 aliphatic heterocycles. The van der Waals surface area contributed by atoms with Gasteiger partial charge in [-0.3, -0.25) is 0 Å². The molecule has 0 bridgehead atoms. The van der Waals surface area contributed by atoms with E-state index in [-0.39, 0.29) is 0 Å². The molecule has 1 aromatic carbocycles. The van der Waals surface area contributed by atoms with Crippen molar-refractivity contribution in [3.63, 3.8) is 0 Å². The summed E-state index contributed by atoms with van der Waals surface area (Å²) in [5.74, 6) is 0. The molecule has 0 radical (unpaired) electrons. The molecule has 0 aliphatic rings. The molecule has 0 aliphatic carbocycles. The molecule has 0 atom stereocenters. The Morgan fingerprint density at radius 1 is 0.583 bits per heavy atom. The average Bonchev–Trinajstić information content (AvgIpc) is 2.44. The predicted octanol–water partition coefficient (Wildman–Crippen LogP) is 6.14. The van der Waals surface area contributed by atoms with Crippen LogP contribution in [-0.2, 0) is 0 Å². The van der Waals surface area contributed by atoms with Crippen molar-refractivity contribution in [1.29, 1.82) is 0 Å². The van der Waals surface area contributed by atoms with Crippen LogP contribution >= 0.6 is 34.1 Å². The van der Waals surface area contributed by atoms with E-state index in [0.29, 0.717) is 0 Å². The van der Waals surface area contributed by atoms with Crippen LogP contribution in [0.2, 0.25) is 0 Å². The number of allylic oxidation sites excluding steroid dienone is 4. The van der Waals surface area contributed by atoms with Crippen molar-refractivity contribution in [1.82, 2.24) is 0 Å². The first-order valence-corrected chi connectivity index (χ1v) is 30.8. The summed E-state index contributed by atoms with van der Waals surface area (Å²) < 4.78 is 3.05. The van der Waals surface area contributed by atoms with Crippen LogP contribution in [0.25, 0.3) is 0 Å². The summed E-state index contributed by atoms with van der Waals surface area (Å²) in [5.41, 5.74) is 0. The minimum atomic E-state index is -1.92. The zero-order chi connectivity index (χ0) is 18.3. The van der Waals surface area contributed by atoms with Crippen LogP contribution in [0.4, 0.5) is 0 Å². The Bertz CT molecular complexity index is 535. The van der Waals surface area contributed by atoms with E-state index in [1.165, 1.54) is 26.2 Å². The second kappa shape index (κ2) is 11.9. The maximum absolute atomic E-state index is 4.09. The average molecular weight is 787 g/mol. The van der Waals surface area contributed by atoms with Gasteiger partial charge in [0.2, 0.25) is 0 Å². The second-order valence-corrected chi connectivity index (χ2v) is 42.1. The third-order valence-electron chi connectivity index (χ3n) is 2.23. The van der Waals surface area contributed by atoms with Gasteiger partial charge < -0.3 is 0 Å². The summed E-state index contributed by atoms with van der Waals surface area (Å²) in [4.78, 5) is 4.88. The molecule has 0 fully saturated rings. The van der Waals surface area contributed by atoms with E-state index in [4.69, 9.17) is 0 Å². The molecule has 130 valence electrons. The van der Waals surface area contributed by atoms with Gasteiger partial charge in [0.15, 0.2) is 0 Å². The third kappa shape index (κ3) is 9.33. The monoisotopic (exact) mass is 786 g/mol. The van der Waals surface area contributed by atoms with Crippen molar-refractivity contribution < 1.29 is 0 Å². The quantitative estimate of drug-likeness (QED) is 0.262. The van der Waals surface area contributed by atoms with E-state index >= 15 is 0 Å². The summed E-state index contributed by atoms with van der Waals surface area (Å²) in [6.07, 6.45) is 0. The van der Waals surface area contributed by atoms with E-state index in [9.17, 15) is 0 Å². The normalized spacial score (nSPS) is 10.9. The molecule has 0 N–H and O–H groups in total. The van der Waals surface area contributed by atoms with Gasteiger partial charge in [0.25, 0.3) is 0 Å². The summed E-state index contributed by atoms with van der Waals surface area (Å²) in [7, 11) is 8.02. The molecule has 0 saturated carbocycles. The fourth-order valence-electron chi connectivity index (χ4n) is 1.51. The van der Waals surface area contributed by atoms with Gasteiger partial charge in [0.05, 0.1) is 0 Å². The molecular weight excluding hydrogens is 762 g/mol. The summed E-state index contributed by atoms with van der Waals surface area (Å²) in [6.45, 7) is 24.8. The number of hydrogen-bond acceptors (Lipinski definition) is 4. The fraction of sp³-hybridized carbons (Fsp3) is 0.222. The first kappa shape index (κ1) is 23.4. The second-order valence-electron chi connectivity index (χ2n) is 5.20. The first-order chi connectivity index (χ1) is 11.2. The van der Waals surface area contributed by atoms with Crippen LogP contribution in [0.3, 0.4) is 0 Å². The van der Waals surface area contributed by atoms with Crippen molar-refractivity contribution >= 4 is 78.3 Å². The number of rotatable bonds is 10. The molecule has 0 saturated heterocycles. The Kier molecular flexibility index (Phi) is 11.6. The van der Waals surface area contributed by atoms with Crippen molar-refractivity contribution in [2.24, 2.45) is 0 Å². The van der Waals surface area contributed by atoms with Crippen molar-refractivity contribution in [2.75, 3.05) is 0 Å². The number of hydrogen-bond donors (Lipinski definition) is 0. The fourth-order valence-corrected chi connectivity index (χ4v) is 44.8. The Morgan fingerprint density at radius 2 is 0.792 bits per heavy atom. The van der Waals surface area contributed by atoms with E-state index in [1.54, 1.807) is 0 Å².